The Morgan fingerprint density at radius 2 is 1.70 bits per heavy atom. The molecule has 3 heteroatoms. The molecule has 0 heterocycles. The van der Waals surface area contributed by atoms with Gasteiger partial charge in [-0.25, -0.2) is 0 Å². The summed E-state index contributed by atoms with van der Waals surface area (Å²) in [6.07, 6.45) is 1.08. The second kappa shape index (κ2) is 6.91. The van der Waals surface area contributed by atoms with E-state index in [2.05, 4.69) is 82.6 Å². The lowest BCUT2D eigenvalue weighted by molar-refractivity contribution is 0.817. The fourth-order valence-electron chi connectivity index (χ4n) is 2.23. The highest BCUT2D eigenvalue weighted by Gasteiger charge is 2.08. The molecule has 0 aliphatic carbocycles. The molecule has 0 aliphatic heterocycles. The van der Waals surface area contributed by atoms with Crippen LogP contribution >= 0.6 is 15.9 Å². The first kappa shape index (κ1) is 15.1. The van der Waals surface area contributed by atoms with Gasteiger partial charge in [0.15, 0.2) is 0 Å². The lowest BCUT2D eigenvalue weighted by Gasteiger charge is -2.21. The normalized spacial score (nSPS) is 10.6. The van der Waals surface area contributed by atoms with Crippen LogP contribution in [0.25, 0.3) is 0 Å². The van der Waals surface area contributed by atoms with Crippen LogP contribution < -0.4 is 10.2 Å². The maximum atomic E-state index is 3.67. The molecule has 0 aliphatic rings. The van der Waals surface area contributed by atoms with E-state index in [1.54, 1.807) is 0 Å². The summed E-state index contributed by atoms with van der Waals surface area (Å²) in [6, 6.07) is 15.2. The summed E-state index contributed by atoms with van der Waals surface area (Å²) in [5.74, 6) is 0. The van der Waals surface area contributed by atoms with Gasteiger partial charge < -0.3 is 10.2 Å². The third-order valence-electron chi connectivity index (χ3n) is 3.49. The van der Waals surface area contributed by atoms with E-state index in [4.69, 9.17) is 0 Å². The van der Waals surface area contributed by atoms with Gasteiger partial charge >= 0.3 is 0 Å². The van der Waals surface area contributed by atoms with E-state index in [1.165, 1.54) is 22.5 Å². The Hall–Kier alpha value is -1.32. The highest BCUT2D eigenvalue weighted by molar-refractivity contribution is 9.10. The van der Waals surface area contributed by atoms with Crippen LogP contribution in [0.15, 0.2) is 46.9 Å². The average Bonchev–Trinajstić information content (AvgIpc) is 2.47. The molecule has 0 bridgehead atoms. The maximum Gasteiger partial charge on any atom is 0.0552 e. The van der Waals surface area contributed by atoms with E-state index in [1.807, 2.05) is 7.05 Å². The molecule has 0 atom stereocenters. The minimum atomic E-state index is 0.883. The highest BCUT2D eigenvalue weighted by Crippen LogP contribution is 2.31. The molecule has 0 saturated heterocycles. The van der Waals surface area contributed by atoms with Crippen molar-refractivity contribution in [1.82, 2.24) is 5.32 Å². The zero-order valence-corrected chi connectivity index (χ0v) is 13.9. The summed E-state index contributed by atoms with van der Waals surface area (Å²) in [4.78, 5) is 2.20. The number of benzene rings is 2. The summed E-state index contributed by atoms with van der Waals surface area (Å²) in [5, 5.41) is 3.17. The summed E-state index contributed by atoms with van der Waals surface area (Å²) in [6.45, 7) is 3.06. The molecular weight excluding hydrogens is 312 g/mol. The Kier molecular flexibility index (Phi) is 5.21. The summed E-state index contributed by atoms with van der Waals surface area (Å²) >= 11 is 3.67. The molecule has 20 heavy (non-hydrogen) atoms. The molecule has 0 saturated carbocycles. The van der Waals surface area contributed by atoms with Crippen LogP contribution in [-0.4, -0.2) is 14.1 Å². The fourth-order valence-corrected chi connectivity index (χ4v) is 2.92. The van der Waals surface area contributed by atoms with Crippen LogP contribution in [0.2, 0.25) is 0 Å². The van der Waals surface area contributed by atoms with Gasteiger partial charge in [-0.3, -0.25) is 0 Å². The summed E-state index contributed by atoms with van der Waals surface area (Å²) in [5.41, 5.74) is 5.02. The molecule has 0 fully saturated rings. The van der Waals surface area contributed by atoms with Gasteiger partial charge in [-0.1, -0.05) is 25.1 Å². The van der Waals surface area contributed by atoms with Gasteiger partial charge in [0.25, 0.3) is 0 Å². The van der Waals surface area contributed by atoms with Gasteiger partial charge in [0.2, 0.25) is 0 Å². The molecule has 2 aromatic carbocycles. The van der Waals surface area contributed by atoms with Gasteiger partial charge in [0.1, 0.15) is 0 Å². The van der Waals surface area contributed by atoms with Crippen LogP contribution in [-0.2, 0) is 13.0 Å². The molecule has 0 spiro atoms. The van der Waals surface area contributed by atoms with Gasteiger partial charge in [-0.15, -0.1) is 0 Å². The van der Waals surface area contributed by atoms with Crippen molar-refractivity contribution < 1.29 is 0 Å². The Morgan fingerprint density at radius 3 is 2.25 bits per heavy atom. The van der Waals surface area contributed by atoms with Gasteiger partial charge in [0, 0.05) is 23.8 Å². The van der Waals surface area contributed by atoms with Crippen molar-refractivity contribution >= 4 is 27.3 Å². The van der Waals surface area contributed by atoms with Crippen LogP contribution in [0.5, 0.6) is 0 Å². The third kappa shape index (κ3) is 3.41. The van der Waals surface area contributed by atoms with Crippen LogP contribution in [0.4, 0.5) is 11.4 Å². The fraction of sp³-hybridized carbons (Fsp3) is 0.294. The van der Waals surface area contributed by atoms with E-state index in [9.17, 15) is 0 Å². The van der Waals surface area contributed by atoms with Gasteiger partial charge in [-0.2, -0.15) is 0 Å². The number of anilines is 2. The van der Waals surface area contributed by atoms with Crippen molar-refractivity contribution in [2.45, 2.75) is 19.9 Å². The smallest absolute Gasteiger partial charge is 0.0552 e. The highest BCUT2D eigenvalue weighted by atomic mass is 79.9. The second-order valence-electron chi connectivity index (χ2n) is 4.90. The van der Waals surface area contributed by atoms with Crippen molar-refractivity contribution in [1.29, 1.82) is 0 Å². The van der Waals surface area contributed by atoms with Crippen molar-refractivity contribution in [2.24, 2.45) is 0 Å². The van der Waals surface area contributed by atoms with Gasteiger partial charge in [0.05, 0.1) is 5.69 Å². The Morgan fingerprint density at radius 1 is 1.05 bits per heavy atom. The number of rotatable bonds is 5. The van der Waals surface area contributed by atoms with E-state index in [-0.39, 0.29) is 0 Å². The van der Waals surface area contributed by atoms with Crippen LogP contribution in [0.1, 0.15) is 18.1 Å². The summed E-state index contributed by atoms with van der Waals surface area (Å²) < 4.78 is 1.12. The number of hydrogen-bond acceptors (Lipinski definition) is 2. The lowest BCUT2D eigenvalue weighted by Crippen LogP contribution is -2.11. The van der Waals surface area contributed by atoms with Crippen LogP contribution in [0, 0.1) is 0 Å². The van der Waals surface area contributed by atoms with Gasteiger partial charge in [-0.05, 0) is 64.8 Å². The molecule has 0 aromatic heterocycles. The summed E-state index contributed by atoms with van der Waals surface area (Å²) in [7, 11) is 4.06. The Bertz CT molecular complexity index is 564. The number of nitrogens with zero attached hydrogens (tertiary/aromatic N) is 1. The predicted octanol–water partition coefficient (Wildman–Crippen LogP) is 4.50. The lowest BCUT2D eigenvalue weighted by atomic mass is 10.1. The van der Waals surface area contributed by atoms with Crippen molar-refractivity contribution in [3.63, 3.8) is 0 Å². The predicted molar refractivity (Wildman–Crippen MR) is 90.8 cm³/mol. The minimum absolute atomic E-state index is 0.883. The number of nitrogens with one attached hydrogen (secondary N) is 1. The average molecular weight is 333 g/mol. The van der Waals surface area contributed by atoms with E-state index >= 15 is 0 Å². The first-order valence-electron chi connectivity index (χ1n) is 6.91. The molecule has 2 rings (SSSR count). The molecule has 1 N–H and O–H groups in total. The third-order valence-corrected chi connectivity index (χ3v) is 4.12. The monoisotopic (exact) mass is 332 g/mol. The molecule has 106 valence electrons. The first-order valence-corrected chi connectivity index (χ1v) is 7.70. The maximum absolute atomic E-state index is 3.67. The van der Waals surface area contributed by atoms with E-state index in [0.717, 1.165) is 17.4 Å². The number of aryl methyl sites for hydroxylation is 1. The van der Waals surface area contributed by atoms with Crippen molar-refractivity contribution in [2.75, 3.05) is 19.0 Å². The topological polar surface area (TPSA) is 15.3 Å². The zero-order chi connectivity index (χ0) is 14.5. The van der Waals surface area contributed by atoms with E-state index < -0.39 is 0 Å². The Labute approximate surface area is 129 Å². The zero-order valence-electron chi connectivity index (χ0n) is 12.3. The van der Waals surface area contributed by atoms with Crippen molar-refractivity contribution in [3.05, 3.63) is 58.1 Å². The minimum Gasteiger partial charge on any atom is -0.344 e. The molecule has 0 unspecified atom stereocenters. The standard InChI is InChI=1S/C17H21BrN2/c1-4-13-5-8-15(9-6-13)20(3)17-10-7-14(12-19-2)11-16(17)18/h5-11,19H,4,12H2,1-3H3. The van der Waals surface area contributed by atoms with Crippen molar-refractivity contribution in [3.8, 4) is 0 Å². The molecule has 2 aromatic rings. The molecule has 0 amide bonds. The number of halogens is 1. The molecule has 0 radical (unpaired) electrons. The van der Waals surface area contributed by atoms with E-state index in [0.29, 0.717) is 0 Å². The SMILES string of the molecule is CCc1ccc(N(C)c2ccc(CNC)cc2Br)cc1. The van der Waals surface area contributed by atoms with Crippen LogP contribution in [0.3, 0.4) is 0 Å². The second-order valence-corrected chi connectivity index (χ2v) is 5.75. The number of hydrogen-bond donors (Lipinski definition) is 1. The first-order chi connectivity index (χ1) is 9.65. The quantitative estimate of drug-likeness (QED) is 0.867. The molecular formula is C17H21BrN2. The Balaban J connectivity index is 2.25. The molecule has 2 nitrogen and oxygen atoms in total. The largest absolute Gasteiger partial charge is 0.344 e.